The lowest BCUT2D eigenvalue weighted by atomic mass is 10.2. The van der Waals surface area contributed by atoms with Crippen LogP contribution in [0.4, 0.5) is 10.8 Å². The predicted octanol–water partition coefficient (Wildman–Crippen LogP) is 5.87. The Morgan fingerprint density at radius 3 is 2.73 bits per heavy atom. The number of nitrogens with one attached hydrogen (secondary N) is 2. The lowest BCUT2D eigenvalue weighted by Crippen LogP contribution is -2.12. The SMILES string of the molecule is CCC(=O)Oc1ccccc1NNc1nc(-c2ccc(Cl)c(Cl)c2)cs1. The number of hydrogen-bond donors (Lipinski definition) is 2. The van der Waals surface area contributed by atoms with Crippen molar-refractivity contribution in [2.45, 2.75) is 13.3 Å². The average molecular weight is 408 g/mol. The van der Waals surface area contributed by atoms with E-state index >= 15 is 0 Å². The second-order valence-electron chi connectivity index (χ2n) is 5.24. The smallest absolute Gasteiger partial charge is 0.310 e. The average Bonchev–Trinajstić information content (AvgIpc) is 3.12. The fourth-order valence-electron chi connectivity index (χ4n) is 2.09. The maximum absolute atomic E-state index is 11.5. The van der Waals surface area contributed by atoms with Gasteiger partial charge >= 0.3 is 5.97 Å². The minimum Gasteiger partial charge on any atom is -0.424 e. The number of para-hydroxylation sites is 2. The Kier molecular flexibility index (Phi) is 5.98. The lowest BCUT2D eigenvalue weighted by molar-refractivity contribution is -0.133. The number of carbonyl (C=O) groups excluding carboxylic acids is 1. The fraction of sp³-hybridized carbons (Fsp3) is 0.111. The van der Waals surface area contributed by atoms with Gasteiger partial charge in [0.25, 0.3) is 0 Å². The number of nitrogens with zero attached hydrogens (tertiary/aromatic N) is 1. The number of carbonyl (C=O) groups is 1. The number of rotatable bonds is 6. The Hall–Kier alpha value is -2.28. The van der Waals surface area contributed by atoms with E-state index in [9.17, 15) is 4.79 Å². The quantitative estimate of drug-likeness (QED) is 0.303. The van der Waals surface area contributed by atoms with Crippen molar-refractivity contribution in [1.82, 2.24) is 4.98 Å². The highest BCUT2D eigenvalue weighted by molar-refractivity contribution is 7.14. The van der Waals surface area contributed by atoms with Gasteiger partial charge in [0.1, 0.15) is 0 Å². The molecule has 0 unspecified atom stereocenters. The summed E-state index contributed by atoms with van der Waals surface area (Å²) in [4.78, 5) is 16.0. The molecule has 0 aliphatic carbocycles. The van der Waals surface area contributed by atoms with E-state index in [0.29, 0.717) is 33.0 Å². The Morgan fingerprint density at radius 2 is 1.96 bits per heavy atom. The molecule has 26 heavy (non-hydrogen) atoms. The zero-order valence-corrected chi connectivity index (χ0v) is 16.1. The molecule has 0 fully saturated rings. The molecular weight excluding hydrogens is 393 g/mol. The Morgan fingerprint density at radius 1 is 1.15 bits per heavy atom. The second kappa shape index (κ2) is 8.40. The molecule has 2 N–H and O–H groups in total. The van der Waals surface area contributed by atoms with Crippen LogP contribution in [0.2, 0.25) is 10.0 Å². The van der Waals surface area contributed by atoms with Crippen molar-refractivity contribution in [1.29, 1.82) is 0 Å². The first-order chi connectivity index (χ1) is 12.6. The molecule has 0 radical (unpaired) electrons. The summed E-state index contributed by atoms with van der Waals surface area (Å²) in [7, 11) is 0. The van der Waals surface area contributed by atoms with Gasteiger partial charge in [-0.3, -0.25) is 15.6 Å². The normalized spacial score (nSPS) is 10.4. The zero-order chi connectivity index (χ0) is 18.5. The number of halogens is 2. The number of hydrogen-bond acceptors (Lipinski definition) is 6. The predicted molar refractivity (Wildman–Crippen MR) is 107 cm³/mol. The number of benzene rings is 2. The Balaban J connectivity index is 1.71. The summed E-state index contributed by atoms with van der Waals surface area (Å²) in [6, 6.07) is 12.5. The maximum atomic E-state index is 11.5. The highest BCUT2D eigenvalue weighted by Gasteiger charge is 2.09. The van der Waals surface area contributed by atoms with Gasteiger partial charge in [-0.25, -0.2) is 4.98 Å². The summed E-state index contributed by atoms with van der Waals surface area (Å²) < 4.78 is 5.30. The number of hydrazine groups is 1. The Labute approximate surface area is 164 Å². The van der Waals surface area contributed by atoms with Crippen molar-refractivity contribution in [2.24, 2.45) is 0 Å². The van der Waals surface area contributed by atoms with Crippen LogP contribution < -0.4 is 15.6 Å². The van der Waals surface area contributed by atoms with Gasteiger partial charge in [-0.1, -0.05) is 48.3 Å². The summed E-state index contributed by atoms with van der Waals surface area (Å²) in [5.41, 5.74) is 8.33. The first kappa shape index (κ1) is 18.5. The molecular formula is C18H15Cl2N3O2S. The van der Waals surface area contributed by atoms with Crippen molar-refractivity contribution < 1.29 is 9.53 Å². The first-order valence-electron chi connectivity index (χ1n) is 7.79. The van der Waals surface area contributed by atoms with Crippen molar-refractivity contribution in [2.75, 3.05) is 10.9 Å². The zero-order valence-electron chi connectivity index (χ0n) is 13.8. The van der Waals surface area contributed by atoms with Crippen LogP contribution in [0.25, 0.3) is 11.3 Å². The van der Waals surface area contributed by atoms with Crippen molar-refractivity contribution >= 4 is 51.3 Å². The van der Waals surface area contributed by atoms with Crippen LogP contribution >= 0.6 is 34.5 Å². The van der Waals surface area contributed by atoms with E-state index in [0.717, 1.165) is 11.3 Å². The summed E-state index contributed by atoms with van der Waals surface area (Å²) in [5, 5.41) is 3.55. The fourth-order valence-corrected chi connectivity index (χ4v) is 3.06. The highest BCUT2D eigenvalue weighted by Crippen LogP contribution is 2.31. The van der Waals surface area contributed by atoms with Gasteiger partial charge in [-0.05, 0) is 24.3 Å². The molecule has 2 aromatic carbocycles. The molecule has 0 aliphatic heterocycles. The summed E-state index contributed by atoms with van der Waals surface area (Å²) >= 11 is 13.4. The van der Waals surface area contributed by atoms with Gasteiger partial charge < -0.3 is 4.74 Å². The second-order valence-corrected chi connectivity index (χ2v) is 6.91. The molecule has 0 saturated carbocycles. The Bertz CT molecular complexity index is 930. The third kappa shape index (κ3) is 4.46. The molecule has 3 rings (SSSR count). The number of aromatic nitrogens is 1. The van der Waals surface area contributed by atoms with E-state index in [-0.39, 0.29) is 5.97 Å². The molecule has 0 saturated heterocycles. The monoisotopic (exact) mass is 407 g/mol. The van der Waals surface area contributed by atoms with E-state index in [1.165, 1.54) is 11.3 Å². The van der Waals surface area contributed by atoms with E-state index in [4.69, 9.17) is 27.9 Å². The van der Waals surface area contributed by atoms with Crippen LogP contribution in [0.3, 0.4) is 0 Å². The van der Waals surface area contributed by atoms with Gasteiger partial charge in [0.2, 0.25) is 5.13 Å². The number of anilines is 2. The van der Waals surface area contributed by atoms with Crippen LogP contribution in [0.15, 0.2) is 47.8 Å². The molecule has 1 aromatic heterocycles. The molecule has 1 heterocycles. The van der Waals surface area contributed by atoms with Gasteiger partial charge in [0, 0.05) is 17.4 Å². The van der Waals surface area contributed by atoms with E-state index in [1.54, 1.807) is 37.3 Å². The van der Waals surface area contributed by atoms with Crippen LogP contribution in [0.1, 0.15) is 13.3 Å². The molecule has 5 nitrogen and oxygen atoms in total. The molecule has 0 amide bonds. The van der Waals surface area contributed by atoms with Crippen LogP contribution in [-0.2, 0) is 4.79 Å². The molecule has 0 aliphatic rings. The van der Waals surface area contributed by atoms with Gasteiger partial charge in [0.05, 0.1) is 21.4 Å². The molecule has 0 bridgehead atoms. The van der Waals surface area contributed by atoms with Crippen LogP contribution in [0, 0.1) is 0 Å². The standard InChI is InChI=1S/C18H15Cl2N3O2S/c1-2-17(24)25-16-6-4-3-5-14(16)22-23-18-21-15(10-26-18)11-7-8-12(19)13(20)9-11/h3-10,22H,2H2,1H3,(H,21,23). The highest BCUT2D eigenvalue weighted by atomic mass is 35.5. The first-order valence-corrected chi connectivity index (χ1v) is 9.43. The van der Waals surface area contributed by atoms with Crippen molar-refractivity contribution in [3.05, 3.63) is 57.9 Å². The molecule has 134 valence electrons. The van der Waals surface area contributed by atoms with Gasteiger partial charge in [-0.15, -0.1) is 11.3 Å². The summed E-state index contributed by atoms with van der Waals surface area (Å²) in [6.07, 6.45) is 0.307. The van der Waals surface area contributed by atoms with Crippen molar-refractivity contribution in [3.63, 3.8) is 0 Å². The molecule has 3 aromatic rings. The number of ether oxygens (including phenoxy) is 1. The maximum Gasteiger partial charge on any atom is 0.310 e. The minimum absolute atomic E-state index is 0.296. The van der Waals surface area contributed by atoms with E-state index < -0.39 is 0 Å². The molecule has 0 atom stereocenters. The van der Waals surface area contributed by atoms with Gasteiger partial charge in [0.15, 0.2) is 5.75 Å². The topological polar surface area (TPSA) is 63.2 Å². The van der Waals surface area contributed by atoms with Crippen LogP contribution in [0.5, 0.6) is 5.75 Å². The summed E-state index contributed by atoms with van der Waals surface area (Å²) in [5.74, 6) is 0.156. The van der Waals surface area contributed by atoms with Crippen molar-refractivity contribution in [3.8, 4) is 17.0 Å². The summed E-state index contributed by atoms with van der Waals surface area (Å²) in [6.45, 7) is 1.75. The van der Waals surface area contributed by atoms with E-state index in [2.05, 4.69) is 15.8 Å². The largest absolute Gasteiger partial charge is 0.424 e. The van der Waals surface area contributed by atoms with Crippen LogP contribution in [-0.4, -0.2) is 11.0 Å². The molecule has 8 heteroatoms. The molecule has 0 spiro atoms. The lowest BCUT2D eigenvalue weighted by Gasteiger charge is -2.11. The minimum atomic E-state index is -0.296. The third-order valence-corrected chi connectivity index (χ3v) is 4.92. The van der Waals surface area contributed by atoms with Gasteiger partial charge in [-0.2, -0.15) is 0 Å². The number of esters is 1. The van der Waals surface area contributed by atoms with E-state index in [1.807, 2.05) is 17.5 Å². The number of thiazole rings is 1. The third-order valence-electron chi connectivity index (χ3n) is 3.42.